The van der Waals surface area contributed by atoms with Crippen LogP contribution in [0.2, 0.25) is 0 Å². The number of carbonyl (C=O) groups is 1. The minimum Gasteiger partial charge on any atom is -0.444 e. The third kappa shape index (κ3) is 4.79. The van der Waals surface area contributed by atoms with Crippen molar-refractivity contribution in [3.8, 4) is 5.69 Å². The zero-order chi connectivity index (χ0) is 24.0. The topological polar surface area (TPSA) is 68.8 Å². The van der Waals surface area contributed by atoms with E-state index in [1.165, 1.54) is 21.2 Å². The lowest BCUT2D eigenvalue weighted by Crippen LogP contribution is -2.41. The number of halogens is 1. The Bertz CT molecular complexity index is 1250. The standard InChI is InChI=1S/C25H31FN4O3/c1-6-25(11-12-25)16-28(23(32)33-24(3,4)5)15-20-27-29-13-10-17(2)21(29)22(31)30(20)19-9-7-8-18(26)14-19/h7-10,13-14H,6,11-12,15-16H2,1-5H3. The van der Waals surface area contributed by atoms with Gasteiger partial charge in [0.2, 0.25) is 0 Å². The molecule has 0 radical (unpaired) electrons. The Morgan fingerprint density at radius 1 is 1.27 bits per heavy atom. The second-order valence-electron chi connectivity index (χ2n) is 10.0. The summed E-state index contributed by atoms with van der Waals surface area (Å²) < 4.78 is 22.7. The van der Waals surface area contributed by atoms with E-state index in [4.69, 9.17) is 4.74 Å². The van der Waals surface area contributed by atoms with Gasteiger partial charge in [-0.2, -0.15) is 5.10 Å². The van der Waals surface area contributed by atoms with Crippen molar-refractivity contribution in [3.05, 3.63) is 64.1 Å². The number of hydrogen-bond acceptors (Lipinski definition) is 4. The lowest BCUT2D eigenvalue weighted by molar-refractivity contribution is 0.0182. The maximum absolute atomic E-state index is 14.1. The van der Waals surface area contributed by atoms with E-state index in [-0.39, 0.29) is 17.5 Å². The molecule has 0 unspecified atom stereocenters. The van der Waals surface area contributed by atoms with Crippen molar-refractivity contribution in [2.24, 2.45) is 5.41 Å². The molecule has 2 heterocycles. The number of nitrogens with zero attached hydrogens (tertiary/aromatic N) is 4. The van der Waals surface area contributed by atoms with Crippen molar-refractivity contribution in [1.82, 2.24) is 19.1 Å². The quantitative estimate of drug-likeness (QED) is 0.533. The van der Waals surface area contributed by atoms with Crippen LogP contribution in [-0.2, 0) is 11.3 Å². The maximum Gasteiger partial charge on any atom is 0.410 e. The summed E-state index contributed by atoms with van der Waals surface area (Å²) in [7, 11) is 0. The average Bonchev–Trinajstić information content (AvgIpc) is 3.40. The summed E-state index contributed by atoms with van der Waals surface area (Å²) in [5.74, 6) is -0.115. The molecule has 1 aliphatic carbocycles. The molecule has 0 bridgehead atoms. The van der Waals surface area contributed by atoms with E-state index in [1.807, 2.05) is 33.8 Å². The largest absolute Gasteiger partial charge is 0.444 e. The maximum atomic E-state index is 14.1. The summed E-state index contributed by atoms with van der Waals surface area (Å²) in [6.45, 7) is 10.0. The molecule has 0 atom stereocenters. The third-order valence-electron chi connectivity index (χ3n) is 6.24. The smallest absolute Gasteiger partial charge is 0.410 e. The van der Waals surface area contributed by atoms with Gasteiger partial charge in [0.25, 0.3) is 5.56 Å². The van der Waals surface area contributed by atoms with Crippen molar-refractivity contribution in [3.63, 3.8) is 0 Å². The average molecular weight is 455 g/mol. The van der Waals surface area contributed by atoms with Crippen molar-refractivity contribution >= 4 is 11.6 Å². The molecule has 0 spiro atoms. The van der Waals surface area contributed by atoms with Gasteiger partial charge in [-0.15, -0.1) is 0 Å². The summed E-state index contributed by atoms with van der Waals surface area (Å²) in [5.41, 5.74) is 0.653. The lowest BCUT2D eigenvalue weighted by atomic mass is 10.0. The number of hydrogen-bond donors (Lipinski definition) is 0. The molecule has 1 saturated carbocycles. The van der Waals surface area contributed by atoms with Crippen molar-refractivity contribution in [2.75, 3.05) is 6.54 Å². The third-order valence-corrected chi connectivity index (χ3v) is 6.24. The second-order valence-corrected chi connectivity index (χ2v) is 10.0. The molecule has 1 amide bonds. The lowest BCUT2D eigenvalue weighted by Gasteiger charge is -2.30. The van der Waals surface area contributed by atoms with E-state index >= 15 is 0 Å². The van der Waals surface area contributed by atoms with Gasteiger partial charge in [0, 0.05) is 12.7 Å². The molecular weight excluding hydrogens is 423 g/mol. The highest BCUT2D eigenvalue weighted by Crippen LogP contribution is 2.49. The van der Waals surface area contributed by atoms with Gasteiger partial charge in [0.15, 0.2) is 5.82 Å². The Kier molecular flexibility index (Phi) is 5.80. The molecule has 4 rings (SSSR count). The van der Waals surface area contributed by atoms with Crippen LogP contribution < -0.4 is 5.56 Å². The van der Waals surface area contributed by atoms with Gasteiger partial charge in [0.05, 0.1) is 12.2 Å². The first kappa shape index (κ1) is 23.0. The van der Waals surface area contributed by atoms with E-state index in [2.05, 4.69) is 12.0 Å². The molecule has 7 nitrogen and oxygen atoms in total. The van der Waals surface area contributed by atoms with Crippen LogP contribution in [0.25, 0.3) is 11.2 Å². The normalized spacial score (nSPS) is 15.0. The number of aryl methyl sites for hydroxylation is 1. The first-order chi connectivity index (χ1) is 15.5. The number of carbonyl (C=O) groups excluding carboxylic acids is 1. The highest BCUT2D eigenvalue weighted by atomic mass is 19.1. The Morgan fingerprint density at radius 2 is 2.00 bits per heavy atom. The first-order valence-corrected chi connectivity index (χ1v) is 11.4. The molecule has 3 aromatic rings. The van der Waals surface area contributed by atoms with Gasteiger partial charge >= 0.3 is 6.09 Å². The van der Waals surface area contributed by atoms with Gasteiger partial charge < -0.3 is 9.64 Å². The zero-order valence-corrected chi connectivity index (χ0v) is 19.9. The van der Waals surface area contributed by atoms with Gasteiger partial charge in [-0.25, -0.2) is 13.7 Å². The summed E-state index contributed by atoms with van der Waals surface area (Å²) in [4.78, 5) is 28.3. The molecule has 8 heteroatoms. The van der Waals surface area contributed by atoms with Gasteiger partial charge in [-0.05, 0) is 82.2 Å². The van der Waals surface area contributed by atoms with Crippen LogP contribution in [0, 0.1) is 18.2 Å². The Labute approximate surface area is 192 Å². The number of ether oxygens (including phenoxy) is 1. The number of benzene rings is 1. The van der Waals surface area contributed by atoms with E-state index in [9.17, 15) is 14.0 Å². The van der Waals surface area contributed by atoms with Crippen LogP contribution in [0.1, 0.15) is 58.3 Å². The number of amides is 1. The van der Waals surface area contributed by atoms with Crippen LogP contribution in [0.5, 0.6) is 0 Å². The van der Waals surface area contributed by atoms with Gasteiger partial charge in [0.1, 0.15) is 16.9 Å². The predicted octanol–water partition coefficient (Wildman–Crippen LogP) is 4.86. The van der Waals surface area contributed by atoms with Gasteiger partial charge in [-0.1, -0.05) is 13.0 Å². The van der Waals surface area contributed by atoms with Crippen LogP contribution in [0.4, 0.5) is 9.18 Å². The fraction of sp³-hybridized carbons (Fsp3) is 0.480. The van der Waals surface area contributed by atoms with E-state index < -0.39 is 17.5 Å². The summed E-state index contributed by atoms with van der Waals surface area (Å²) in [6, 6.07) is 7.65. The highest BCUT2D eigenvalue weighted by molar-refractivity contribution is 5.68. The summed E-state index contributed by atoms with van der Waals surface area (Å²) in [6.07, 6.45) is 4.31. The van der Waals surface area contributed by atoms with Crippen LogP contribution in [0.15, 0.2) is 41.3 Å². The minimum absolute atomic E-state index is 0.0645. The first-order valence-electron chi connectivity index (χ1n) is 11.4. The second kappa shape index (κ2) is 8.32. The molecule has 0 N–H and O–H groups in total. The fourth-order valence-electron chi connectivity index (χ4n) is 4.13. The zero-order valence-electron chi connectivity index (χ0n) is 19.9. The number of fused-ring (bicyclic) bond motifs is 1. The Hall–Kier alpha value is -3.16. The molecule has 1 fully saturated rings. The molecule has 176 valence electrons. The molecule has 1 aliphatic rings. The minimum atomic E-state index is -0.657. The van der Waals surface area contributed by atoms with Crippen molar-refractivity contribution in [2.45, 2.75) is 66.0 Å². The van der Waals surface area contributed by atoms with Crippen LogP contribution in [-0.4, -0.2) is 37.3 Å². The predicted molar refractivity (Wildman–Crippen MR) is 124 cm³/mol. The van der Waals surface area contributed by atoms with Crippen molar-refractivity contribution in [1.29, 1.82) is 0 Å². The molecule has 0 aliphatic heterocycles. The van der Waals surface area contributed by atoms with Crippen LogP contribution in [0.3, 0.4) is 0 Å². The molecule has 1 aromatic carbocycles. The SMILES string of the molecule is CCC1(CN(Cc2nn3ccc(C)c3c(=O)n2-c2cccc(F)c2)C(=O)OC(C)(C)C)CC1. The van der Waals surface area contributed by atoms with E-state index in [0.717, 1.165) is 24.8 Å². The van der Waals surface area contributed by atoms with E-state index in [0.29, 0.717) is 23.6 Å². The van der Waals surface area contributed by atoms with Gasteiger partial charge in [-0.3, -0.25) is 9.36 Å². The fourth-order valence-corrected chi connectivity index (χ4v) is 4.13. The molecular formula is C25H31FN4O3. The highest BCUT2D eigenvalue weighted by Gasteiger charge is 2.44. The number of rotatable bonds is 6. The Morgan fingerprint density at radius 3 is 2.61 bits per heavy atom. The monoisotopic (exact) mass is 454 g/mol. The molecule has 2 aromatic heterocycles. The van der Waals surface area contributed by atoms with Crippen molar-refractivity contribution < 1.29 is 13.9 Å². The van der Waals surface area contributed by atoms with Crippen LogP contribution >= 0.6 is 0 Å². The summed E-state index contributed by atoms with van der Waals surface area (Å²) in [5, 5.41) is 4.67. The number of aromatic nitrogens is 3. The Balaban J connectivity index is 1.83. The summed E-state index contributed by atoms with van der Waals surface area (Å²) >= 11 is 0. The molecule has 0 saturated heterocycles. The van der Waals surface area contributed by atoms with E-state index in [1.54, 1.807) is 23.2 Å². The molecule has 33 heavy (non-hydrogen) atoms.